The van der Waals surface area contributed by atoms with Crippen LogP contribution < -0.4 is 5.56 Å². The molecule has 4 aromatic rings. The second kappa shape index (κ2) is 8.03. The molecule has 0 N–H and O–H groups in total. The third-order valence-electron chi connectivity index (χ3n) is 4.90. The number of aromatic nitrogens is 2. The molecule has 1 aromatic heterocycles. The molecule has 0 saturated heterocycles. The normalized spacial score (nSPS) is 12.2. The van der Waals surface area contributed by atoms with E-state index in [1.165, 1.54) is 11.1 Å². The average molecular weight is 387 g/mol. The summed E-state index contributed by atoms with van der Waals surface area (Å²) in [4.78, 5) is 18.2. The lowest BCUT2D eigenvalue weighted by Crippen LogP contribution is -2.27. The molecule has 0 fully saturated rings. The lowest BCUT2D eigenvalue weighted by molar-refractivity contribution is 0.548. The van der Waals surface area contributed by atoms with Gasteiger partial charge in [-0.25, -0.2) is 4.98 Å². The molecule has 0 spiro atoms. The first-order valence-electron chi connectivity index (χ1n) is 9.38. The van der Waals surface area contributed by atoms with Gasteiger partial charge in [-0.1, -0.05) is 84.1 Å². The van der Waals surface area contributed by atoms with Gasteiger partial charge in [-0.3, -0.25) is 9.36 Å². The van der Waals surface area contributed by atoms with Crippen molar-refractivity contribution in [2.75, 3.05) is 0 Å². The second-order valence-electron chi connectivity index (χ2n) is 6.95. The van der Waals surface area contributed by atoms with E-state index < -0.39 is 0 Å². The van der Waals surface area contributed by atoms with Crippen molar-refractivity contribution in [2.45, 2.75) is 30.8 Å². The molecule has 3 nitrogen and oxygen atoms in total. The van der Waals surface area contributed by atoms with Crippen LogP contribution in [-0.4, -0.2) is 9.55 Å². The van der Waals surface area contributed by atoms with Gasteiger partial charge in [0.2, 0.25) is 0 Å². The predicted octanol–water partition coefficient (Wildman–Crippen LogP) is 5.61. The molecule has 4 heteroatoms. The lowest BCUT2D eigenvalue weighted by atomic mass is 10.1. The van der Waals surface area contributed by atoms with E-state index in [2.05, 4.69) is 50.2 Å². The first kappa shape index (κ1) is 18.5. The Morgan fingerprint density at radius 2 is 1.71 bits per heavy atom. The summed E-state index contributed by atoms with van der Waals surface area (Å²) in [7, 11) is 0. The van der Waals surface area contributed by atoms with Gasteiger partial charge in [0.25, 0.3) is 5.56 Å². The minimum absolute atomic E-state index is 0.00805. The molecule has 0 amide bonds. The Morgan fingerprint density at radius 1 is 0.964 bits per heavy atom. The SMILES string of the molecule is Cc1cccc(CSc2nc3ccccc3c(=O)n2[C@H](C)c2ccccc2)c1. The fraction of sp³-hybridized carbons (Fsp3) is 0.167. The van der Waals surface area contributed by atoms with Crippen LogP contribution in [0.5, 0.6) is 0 Å². The molecular weight excluding hydrogens is 364 g/mol. The van der Waals surface area contributed by atoms with Gasteiger partial charge < -0.3 is 0 Å². The topological polar surface area (TPSA) is 34.9 Å². The molecule has 0 saturated carbocycles. The summed E-state index contributed by atoms with van der Waals surface area (Å²) in [5.41, 5.74) is 4.31. The number of nitrogens with zero attached hydrogens (tertiary/aromatic N) is 2. The Labute approximate surface area is 169 Å². The zero-order chi connectivity index (χ0) is 19.5. The number of benzene rings is 3. The Hall–Kier alpha value is -2.85. The fourth-order valence-electron chi connectivity index (χ4n) is 3.40. The van der Waals surface area contributed by atoms with E-state index in [4.69, 9.17) is 4.98 Å². The van der Waals surface area contributed by atoms with Gasteiger partial charge in [0.1, 0.15) is 0 Å². The molecule has 0 aliphatic carbocycles. The van der Waals surface area contributed by atoms with Crippen molar-refractivity contribution in [2.24, 2.45) is 0 Å². The number of rotatable bonds is 5. The molecule has 4 rings (SSSR count). The summed E-state index contributed by atoms with van der Waals surface area (Å²) >= 11 is 1.61. The van der Waals surface area contributed by atoms with Crippen LogP contribution in [0, 0.1) is 6.92 Å². The van der Waals surface area contributed by atoms with E-state index in [9.17, 15) is 4.79 Å². The van der Waals surface area contributed by atoms with E-state index in [1.807, 2.05) is 47.0 Å². The van der Waals surface area contributed by atoms with Crippen molar-refractivity contribution >= 4 is 22.7 Å². The quantitative estimate of drug-likeness (QED) is 0.330. The minimum Gasteiger partial charge on any atom is -0.280 e. The Bertz CT molecular complexity index is 1170. The van der Waals surface area contributed by atoms with Crippen molar-refractivity contribution in [1.82, 2.24) is 9.55 Å². The molecule has 0 aliphatic rings. The van der Waals surface area contributed by atoms with Gasteiger partial charge in [-0.15, -0.1) is 0 Å². The summed E-state index contributed by atoms with van der Waals surface area (Å²) in [6.07, 6.45) is 0. The Morgan fingerprint density at radius 3 is 2.50 bits per heavy atom. The van der Waals surface area contributed by atoms with Gasteiger partial charge in [0.05, 0.1) is 16.9 Å². The van der Waals surface area contributed by atoms with Crippen molar-refractivity contribution in [1.29, 1.82) is 0 Å². The summed E-state index contributed by atoms with van der Waals surface area (Å²) in [5.74, 6) is 0.772. The standard InChI is InChI=1S/C24H22N2OS/c1-17-9-8-10-19(15-17)16-28-24-25-22-14-7-6-13-21(22)23(27)26(24)18(2)20-11-4-3-5-12-20/h3-15,18H,16H2,1-2H3/t18-/m1/s1. The number of fused-ring (bicyclic) bond motifs is 1. The first-order valence-corrected chi connectivity index (χ1v) is 10.4. The minimum atomic E-state index is -0.0918. The first-order chi connectivity index (χ1) is 13.6. The van der Waals surface area contributed by atoms with E-state index in [1.54, 1.807) is 11.8 Å². The van der Waals surface area contributed by atoms with Gasteiger partial charge in [-0.2, -0.15) is 0 Å². The molecule has 3 aromatic carbocycles. The average Bonchev–Trinajstić information content (AvgIpc) is 2.73. The van der Waals surface area contributed by atoms with Crippen LogP contribution in [0.4, 0.5) is 0 Å². The molecule has 1 atom stereocenters. The summed E-state index contributed by atoms with van der Waals surface area (Å²) in [5, 5.41) is 1.41. The van der Waals surface area contributed by atoms with Gasteiger partial charge >= 0.3 is 0 Å². The lowest BCUT2D eigenvalue weighted by Gasteiger charge is -2.20. The molecule has 0 aliphatic heterocycles. The van der Waals surface area contributed by atoms with Gasteiger partial charge in [0, 0.05) is 5.75 Å². The molecule has 0 bridgehead atoms. The van der Waals surface area contributed by atoms with Crippen LogP contribution in [0.3, 0.4) is 0 Å². The maximum absolute atomic E-state index is 13.3. The highest BCUT2D eigenvalue weighted by Crippen LogP contribution is 2.27. The monoisotopic (exact) mass is 386 g/mol. The fourth-order valence-corrected chi connectivity index (χ4v) is 4.42. The zero-order valence-corrected chi connectivity index (χ0v) is 16.8. The highest BCUT2D eigenvalue weighted by molar-refractivity contribution is 7.98. The molecular formula is C24H22N2OS. The van der Waals surface area contributed by atoms with E-state index in [0.29, 0.717) is 5.39 Å². The number of aryl methyl sites for hydroxylation is 1. The summed E-state index contributed by atoms with van der Waals surface area (Å²) < 4.78 is 1.83. The smallest absolute Gasteiger partial charge is 0.262 e. The molecule has 1 heterocycles. The van der Waals surface area contributed by atoms with Crippen molar-refractivity contribution in [3.05, 3.63) is 106 Å². The third-order valence-corrected chi connectivity index (χ3v) is 5.92. The molecule has 140 valence electrons. The Balaban J connectivity index is 1.80. The highest BCUT2D eigenvalue weighted by Gasteiger charge is 2.18. The van der Waals surface area contributed by atoms with E-state index in [-0.39, 0.29) is 11.6 Å². The maximum Gasteiger partial charge on any atom is 0.262 e. The highest BCUT2D eigenvalue weighted by atomic mass is 32.2. The number of hydrogen-bond acceptors (Lipinski definition) is 3. The van der Waals surface area contributed by atoms with Crippen LogP contribution in [0.2, 0.25) is 0 Å². The molecule has 28 heavy (non-hydrogen) atoms. The van der Waals surface area contributed by atoms with E-state index in [0.717, 1.165) is 22.0 Å². The summed E-state index contributed by atoms with van der Waals surface area (Å²) in [6, 6.07) is 26.1. The maximum atomic E-state index is 13.3. The van der Waals surface area contributed by atoms with Crippen molar-refractivity contribution < 1.29 is 0 Å². The Kier molecular flexibility index (Phi) is 5.31. The number of thioether (sulfide) groups is 1. The largest absolute Gasteiger partial charge is 0.280 e. The number of para-hydroxylation sites is 1. The molecule has 0 unspecified atom stereocenters. The van der Waals surface area contributed by atoms with Gasteiger partial charge in [-0.05, 0) is 37.1 Å². The van der Waals surface area contributed by atoms with Crippen LogP contribution in [-0.2, 0) is 5.75 Å². The van der Waals surface area contributed by atoms with Crippen LogP contribution >= 0.6 is 11.8 Å². The van der Waals surface area contributed by atoms with Crippen molar-refractivity contribution in [3.8, 4) is 0 Å². The van der Waals surface area contributed by atoms with Crippen molar-refractivity contribution in [3.63, 3.8) is 0 Å². The van der Waals surface area contributed by atoms with Crippen LogP contribution in [0.15, 0.2) is 88.8 Å². The van der Waals surface area contributed by atoms with E-state index >= 15 is 0 Å². The summed E-state index contributed by atoms with van der Waals surface area (Å²) in [6.45, 7) is 4.15. The third kappa shape index (κ3) is 3.73. The number of hydrogen-bond donors (Lipinski definition) is 0. The molecule has 0 radical (unpaired) electrons. The predicted molar refractivity (Wildman–Crippen MR) is 117 cm³/mol. The van der Waals surface area contributed by atoms with Gasteiger partial charge in [0.15, 0.2) is 5.16 Å². The van der Waals surface area contributed by atoms with Crippen LogP contribution in [0.1, 0.15) is 29.7 Å². The second-order valence-corrected chi connectivity index (χ2v) is 7.89. The zero-order valence-electron chi connectivity index (χ0n) is 16.0. The van der Waals surface area contributed by atoms with Crippen LogP contribution in [0.25, 0.3) is 10.9 Å².